The van der Waals surface area contributed by atoms with Gasteiger partial charge in [0.2, 0.25) is 0 Å². The molecule has 0 spiro atoms. The van der Waals surface area contributed by atoms with Crippen molar-refractivity contribution in [2.45, 2.75) is 16.8 Å². The second-order valence-electron chi connectivity index (χ2n) is 4.88. The highest BCUT2D eigenvalue weighted by molar-refractivity contribution is 7.99. The van der Waals surface area contributed by atoms with Crippen molar-refractivity contribution >= 4 is 23.4 Å². The first-order valence-electron chi connectivity index (χ1n) is 7.15. The van der Waals surface area contributed by atoms with Crippen LogP contribution >= 0.6 is 11.8 Å². The van der Waals surface area contributed by atoms with Gasteiger partial charge in [-0.05, 0) is 31.2 Å². The molecule has 1 N–H and O–H groups in total. The molecule has 3 rings (SSSR count). The fourth-order valence-electron chi connectivity index (χ4n) is 2.02. The first-order chi connectivity index (χ1) is 11.2. The van der Waals surface area contributed by atoms with Gasteiger partial charge in [0, 0.05) is 10.6 Å². The van der Waals surface area contributed by atoms with E-state index in [9.17, 15) is 4.79 Å². The van der Waals surface area contributed by atoms with Crippen LogP contribution in [0.4, 0.5) is 5.69 Å². The number of rotatable bonds is 4. The zero-order chi connectivity index (χ0) is 16.1. The molecule has 5 heteroatoms. The average Bonchev–Trinajstić information content (AvgIpc) is 2.58. The van der Waals surface area contributed by atoms with Crippen LogP contribution < -0.4 is 5.32 Å². The molecular weight excluding hydrogens is 306 g/mol. The summed E-state index contributed by atoms with van der Waals surface area (Å²) in [5, 5.41) is 3.53. The Morgan fingerprint density at radius 2 is 1.65 bits per heavy atom. The molecule has 1 heterocycles. The van der Waals surface area contributed by atoms with Gasteiger partial charge in [0.05, 0.1) is 11.9 Å². The summed E-state index contributed by atoms with van der Waals surface area (Å²) < 4.78 is 0. The van der Waals surface area contributed by atoms with Gasteiger partial charge in [0.1, 0.15) is 5.03 Å². The Labute approximate surface area is 139 Å². The standard InChI is InChI=1S/C18H15N3OS/c1-13-17(18(22)20-14-8-4-2-5-9-14)21-16(12-19-13)23-15-10-6-3-7-11-15/h2-12H,1H3,(H,20,22). The van der Waals surface area contributed by atoms with E-state index < -0.39 is 0 Å². The van der Waals surface area contributed by atoms with Crippen LogP contribution in [0.5, 0.6) is 0 Å². The molecule has 3 aromatic rings. The Morgan fingerprint density at radius 3 is 2.35 bits per heavy atom. The topological polar surface area (TPSA) is 54.9 Å². The number of aryl methyl sites for hydroxylation is 1. The summed E-state index contributed by atoms with van der Waals surface area (Å²) in [5.41, 5.74) is 1.69. The maximum Gasteiger partial charge on any atom is 0.276 e. The van der Waals surface area contributed by atoms with Crippen molar-refractivity contribution in [3.63, 3.8) is 0 Å². The van der Waals surface area contributed by atoms with E-state index in [1.165, 1.54) is 11.8 Å². The highest BCUT2D eigenvalue weighted by atomic mass is 32.2. The largest absolute Gasteiger partial charge is 0.321 e. The second kappa shape index (κ2) is 7.07. The number of amides is 1. The number of hydrogen-bond acceptors (Lipinski definition) is 4. The molecule has 23 heavy (non-hydrogen) atoms. The smallest absolute Gasteiger partial charge is 0.276 e. The first kappa shape index (κ1) is 15.2. The van der Waals surface area contributed by atoms with Crippen molar-refractivity contribution in [3.05, 3.63) is 78.2 Å². The van der Waals surface area contributed by atoms with Crippen molar-refractivity contribution in [2.75, 3.05) is 5.32 Å². The van der Waals surface area contributed by atoms with E-state index in [-0.39, 0.29) is 5.91 Å². The van der Waals surface area contributed by atoms with E-state index >= 15 is 0 Å². The minimum Gasteiger partial charge on any atom is -0.321 e. The number of nitrogens with zero attached hydrogens (tertiary/aromatic N) is 2. The van der Waals surface area contributed by atoms with Gasteiger partial charge in [-0.1, -0.05) is 48.2 Å². The van der Waals surface area contributed by atoms with Crippen molar-refractivity contribution in [1.82, 2.24) is 9.97 Å². The number of hydrogen-bond donors (Lipinski definition) is 1. The molecule has 2 aromatic carbocycles. The summed E-state index contributed by atoms with van der Waals surface area (Å²) in [7, 11) is 0. The molecule has 0 fully saturated rings. The lowest BCUT2D eigenvalue weighted by Gasteiger charge is -2.08. The fourth-order valence-corrected chi connectivity index (χ4v) is 2.80. The van der Waals surface area contributed by atoms with Gasteiger partial charge in [-0.3, -0.25) is 9.78 Å². The fraction of sp³-hybridized carbons (Fsp3) is 0.0556. The maximum atomic E-state index is 12.4. The van der Waals surface area contributed by atoms with E-state index in [0.717, 1.165) is 10.6 Å². The van der Waals surface area contributed by atoms with Gasteiger partial charge in [0.25, 0.3) is 5.91 Å². The van der Waals surface area contributed by atoms with Gasteiger partial charge in [-0.2, -0.15) is 0 Å². The Kier molecular flexibility index (Phi) is 4.68. The van der Waals surface area contributed by atoms with E-state index in [0.29, 0.717) is 16.4 Å². The summed E-state index contributed by atoms with van der Waals surface area (Å²) in [4.78, 5) is 22.2. The summed E-state index contributed by atoms with van der Waals surface area (Å²) >= 11 is 1.48. The quantitative estimate of drug-likeness (QED) is 0.783. The summed E-state index contributed by atoms with van der Waals surface area (Å²) in [6.07, 6.45) is 1.69. The monoisotopic (exact) mass is 321 g/mol. The molecule has 4 nitrogen and oxygen atoms in total. The molecule has 0 atom stereocenters. The van der Waals surface area contributed by atoms with Crippen LogP contribution in [-0.4, -0.2) is 15.9 Å². The van der Waals surface area contributed by atoms with E-state index in [4.69, 9.17) is 0 Å². The van der Waals surface area contributed by atoms with Crippen molar-refractivity contribution in [3.8, 4) is 0 Å². The molecule has 114 valence electrons. The van der Waals surface area contributed by atoms with E-state index in [2.05, 4.69) is 15.3 Å². The van der Waals surface area contributed by atoms with Crippen molar-refractivity contribution in [1.29, 1.82) is 0 Å². The lowest BCUT2D eigenvalue weighted by molar-refractivity contribution is 0.102. The van der Waals surface area contributed by atoms with Crippen LogP contribution in [0.3, 0.4) is 0 Å². The third-order valence-electron chi connectivity index (χ3n) is 3.15. The predicted octanol–water partition coefficient (Wildman–Crippen LogP) is 4.19. The third kappa shape index (κ3) is 3.96. The summed E-state index contributed by atoms with van der Waals surface area (Å²) in [6, 6.07) is 19.2. The van der Waals surface area contributed by atoms with Gasteiger partial charge in [-0.25, -0.2) is 4.98 Å². The van der Waals surface area contributed by atoms with Crippen LogP contribution in [0.15, 0.2) is 76.8 Å². The Bertz CT molecular complexity index is 807. The summed E-state index contributed by atoms with van der Waals surface area (Å²) in [5.74, 6) is -0.253. The molecule has 0 radical (unpaired) electrons. The van der Waals surface area contributed by atoms with Crippen LogP contribution in [0.2, 0.25) is 0 Å². The number of carbonyl (C=O) groups is 1. The van der Waals surface area contributed by atoms with Gasteiger partial charge in [0.15, 0.2) is 5.69 Å². The minimum atomic E-state index is -0.253. The van der Waals surface area contributed by atoms with Crippen LogP contribution in [0.25, 0.3) is 0 Å². The highest BCUT2D eigenvalue weighted by Gasteiger charge is 2.14. The SMILES string of the molecule is Cc1ncc(Sc2ccccc2)nc1C(=O)Nc1ccccc1. The highest BCUT2D eigenvalue weighted by Crippen LogP contribution is 2.25. The average molecular weight is 321 g/mol. The molecule has 0 bridgehead atoms. The van der Waals surface area contributed by atoms with Gasteiger partial charge >= 0.3 is 0 Å². The molecule has 0 aliphatic carbocycles. The minimum absolute atomic E-state index is 0.253. The number of para-hydroxylation sites is 1. The molecular formula is C18H15N3OS. The third-order valence-corrected chi connectivity index (χ3v) is 4.06. The number of anilines is 1. The van der Waals surface area contributed by atoms with E-state index in [1.807, 2.05) is 60.7 Å². The molecule has 1 amide bonds. The Balaban J connectivity index is 1.81. The molecule has 0 aliphatic rings. The Hall–Kier alpha value is -2.66. The zero-order valence-electron chi connectivity index (χ0n) is 12.6. The number of carbonyl (C=O) groups excluding carboxylic acids is 1. The number of benzene rings is 2. The second-order valence-corrected chi connectivity index (χ2v) is 5.97. The van der Waals surface area contributed by atoms with Crippen LogP contribution in [-0.2, 0) is 0 Å². The van der Waals surface area contributed by atoms with Gasteiger partial charge < -0.3 is 5.32 Å². The molecule has 1 aromatic heterocycles. The van der Waals surface area contributed by atoms with Crippen LogP contribution in [0, 0.1) is 6.92 Å². The number of aromatic nitrogens is 2. The molecule has 0 saturated heterocycles. The molecule has 0 aliphatic heterocycles. The molecule has 0 saturated carbocycles. The lowest BCUT2D eigenvalue weighted by atomic mass is 10.2. The number of nitrogens with one attached hydrogen (secondary N) is 1. The first-order valence-corrected chi connectivity index (χ1v) is 7.97. The Morgan fingerprint density at radius 1 is 1.00 bits per heavy atom. The van der Waals surface area contributed by atoms with Crippen molar-refractivity contribution < 1.29 is 4.79 Å². The maximum absolute atomic E-state index is 12.4. The van der Waals surface area contributed by atoms with Crippen molar-refractivity contribution in [2.24, 2.45) is 0 Å². The molecule has 0 unspecified atom stereocenters. The predicted molar refractivity (Wildman–Crippen MR) is 91.7 cm³/mol. The zero-order valence-corrected chi connectivity index (χ0v) is 13.4. The summed E-state index contributed by atoms with van der Waals surface area (Å²) in [6.45, 7) is 1.78. The van der Waals surface area contributed by atoms with E-state index in [1.54, 1.807) is 13.1 Å². The van der Waals surface area contributed by atoms with Crippen LogP contribution in [0.1, 0.15) is 16.2 Å². The normalized spacial score (nSPS) is 10.3. The lowest BCUT2D eigenvalue weighted by Crippen LogP contribution is -2.16. The van der Waals surface area contributed by atoms with Gasteiger partial charge in [-0.15, -0.1) is 0 Å².